The van der Waals surface area contributed by atoms with Gasteiger partial charge in [0, 0.05) is 5.41 Å². The molecule has 1 fully saturated rings. The van der Waals surface area contributed by atoms with Crippen LogP contribution in [0.1, 0.15) is 27.2 Å². The van der Waals surface area contributed by atoms with Crippen molar-refractivity contribution < 1.29 is 4.74 Å². The third kappa shape index (κ3) is 0.983. The lowest BCUT2D eigenvalue weighted by Gasteiger charge is -2.44. The SMILES string of the molecule is CCC1(C(C)C)COC1. The fourth-order valence-corrected chi connectivity index (χ4v) is 1.31. The lowest BCUT2D eigenvalue weighted by molar-refractivity contribution is -0.140. The molecule has 0 aliphatic carbocycles. The number of rotatable bonds is 2. The molecule has 9 heavy (non-hydrogen) atoms. The molecule has 0 N–H and O–H groups in total. The summed E-state index contributed by atoms with van der Waals surface area (Å²) < 4.78 is 5.19. The second-order valence-electron chi connectivity index (χ2n) is 3.36. The quantitative estimate of drug-likeness (QED) is 0.553. The van der Waals surface area contributed by atoms with Gasteiger partial charge in [-0.15, -0.1) is 0 Å². The monoisotopic (exact) mass is 128 g/mol. The van der Waals surface area contributed by atoms with Crippen molar-refractivity contribution in [1.29, 1.82) is 0 Å². The van der Waals surface area contributed by atoms with Crippen LogP contribution in [0.25, 0.3) is 0 Å². The maximum atomic E-state index is 5.19. The highest BCUT2D eigenvalue weighted by Crippen LogP contribution is 2.38. The topological polar surface area (TPSA) is 9.23 Å². The molecule has 0 aromatic carbocycles. The first-order valence-corrected chi connectivity index (χ1v) is 3.79. The molecule has 0 unspecified atom stereocenters. The molecule has 1 saturated heterocycles. The molecule has 1 heteroatoms. The molecular formula is C8H16O. The molecule has 0 aromatic heterocycles. The van der Waals surface area contributed by atoms with Crippen LogP contribution < -0.4 is 0 Å². The number of ether oxygens (including phenoxy) is 1. The summed E-state index contributed by atoms with van der Waals surface area (Å²) >= 11 is 0. The Morgan fingerprint density at radius 3 is 2.00 bits per heavy atom. The lowest BCUT2D eigenvalue weighted by Crippen LogP contribution is -2.46. The number of hydrogen-bond donors (Lipinski definition) is 0. The molecule has 0 radical (unpaired) electrons. The highest BCUT2D eigenvalue weighted by molar-refractivity contribution is 4.86. The van der Waals surface area contributed by atoms with Crippen molar-refractivity contribution in [3.63, 3.8) is 0 Å². The molecule has 0 aromatic rings. The second-order valence-corrected chi connectivity index (χ2v) is 3.36. The van der Waals surface area contributed by atoms with Crippen molar-refractivity contribution in [3.8, 4) is 0 Å². The van der Waals surface area contributed by atoms with Crippen molar-refractivity contribution in [2.45, 2.75) is 27.2 Å². The van der Waals surface area contributed by atoms with Crippen LogP contribution in [0.2, 0.25) is 0 Å². The Labute approximate surface area is 57.4 Å². The van der Waals surface area contributed by atoms with Crippen molar-refractivity contribution in [2.24, 2.45) is 11.3 Å². The van der Waals surface area contributed by atoms with Gasteiger partial charge in [-0.1, -0.05) is 20.8 Å². The molecule has 0 amide bonds. The van der Waals surface area contributed by atoms with Gasteiger partial charge in [0.2, 0.25) is 0 Å². The van der Waals surface area contributed by atoms with E-state index in [0.717, 1.165) is 19.1 Å². The van der Waals surface area contributed by atoms with E-state index < -0.39 is 0 Å². The van der Waals surface area contributed by atoms with Crippen LogP contribution >= 0.6 is 0 Å². The van der Waals surface area contributed by atoms with Gasteiger partial charge in [-0.3, -0.25) is 0 Å². The van der Waals surface area contributed by atoms with Crippen molar-refractivity contribution in [2.75, 3.05) is 13.2 Å². The molecular weight excluding hydrogens is 112 g/mol. The first kappa shape index (κ1) is 7.07. The maximum absolute atomic E-state index is 5.19. The second kappa shape index (κ2) is 2.30. The van der Waals surface area contributed by atoms with Crippen LogP contribution in [0.5, 0.6) is 0 Å². The zero-order chi connectivity index (χ0) is 6.91. The first-order chi connectivity index (χ1) is 4.21. The van der Waals surface area contributed by atoms with Gasteiger partial charge in [0.1, 0.15) is 0 Å². The molecule has 1 aliphatic heterocycles. The van der Waals surface area contributed by atoms with Crippen LogP contribution in [0.3, 0.4) is 0 Å². The van der Waals surface area contributed by atoms with E-state index in [1.807, 2.05) is 0 Å². The summed E-state index contributed by atoms with van der Waals surface area (Å²) in [6, 6.07) is 0. The van der Waals surface area contributed by atoms with Gasteiger partial charge in [0.05, 0.1) is 13.2 Å². The van der Waals surface area contributed by atoms with Gasteiger partial charge in [-0.05, 0) is 12.3 Å². The Morgan fingerprint density at radius 2 is 2.00 bits per heavy atom. The fourth-order valence-electron chi connectivity index (χ4n) is 1.31. The minimum atomic E-state index is 0.542. The van der Waals surface area contributed by atoms with E-state index in [1.54, 1.807) is 0 Å². The van der Waals surface area contributed by atoms with Crippen molar-refractivity contribution in [3.05, 3.63) is 0 Å². The Bertz CT molecular complexity index is 87.2. The third-order valence-corrected chi connectivity index (χ3v) is 2.71. The minimum absolute atomic E-state index is 0.542. The molecule has 1 aliphatic rings. The van der Waals surface area contributed by atoms with Gasteiger partial charge < -0.3 is 4.74 Å². The van der Waals surface area contributed by atoms with Gasteiger partial charge in [-0.25, -0.2) is 0 Å². The summed E-state index contributed by atoms with van der Waals surface area (Å²) in [5.74, 6) is 0.788. The summed E-state index contributed by atoms with van der Waals surface area (Å²) in [7, 11) is 0. The predicted molar refractivity (Wildman–Crippen MR) is 38.4 cm³/mol. The van der Waals surface area contributed by atoms with Crippen molar-refractivity contribution >= 4 is 0 Å². The molecule has 1 rings (SSSR count). The van der Waals surface area contributed by atoms with E-state index in [-0.39, 0.29) is 0 Å². The Morgan fingerprint density at radius 1 is 1.44 bits per heavy atom. The molecule has 0 saturated carbocycles. The summed E-state index contributed by atoms with van der Waals surface area (Å²) in [5, 5.41) is 0. The standard InChI is InChI=1S/C8H16O/c1-4-8(7(2)3)5-9-6-8/h7H,4-6H2,1-3H3. The molecule has 54 valence electrons. The highest BCUT2D eigenvalue weighted by atomic mass is 16.5. The molecule has 0 bridgehead atoms. The Kier molecular flexibility index (Phi) is 1.80. The van der Waals surface area contributed by atoms with Crippen LogP contribution in [0.15, 0.2) is 0 Å². The number of hydrogen-bond acceptors (Lipinski definition) is 1. The zero-order valence-electron chi connectivity index (χ0n) is 6.61. The third-order valence-electron chi connectivity index (χ3n) is 2.71. The largest absolute Gasteiger partial charge is 0.380 e. The van der Waals surface area contributed by atoms with Crippen molar-refractivity contribution in [1.82, 2.24) is 0 Å². The Hall–Kier alpha value is -0.0400. The lowest BCUT2D eigenvalue weighted by atomic mass is 9.73. The van der Waals surface area contributed by atoms with Crippen LogP contribution in [0, 0.1) is 11.3 Å². The van der Waals surface area contributed by atoms with Gasteiger partial charge >= 0.3 is 0 Å². The molecule has 0 spiro atoms. The minimum Gasteiger partial charge on any atom is -0.380 e. The van der Waals surface area contributed by atoms with E-state index >= 15 is 0 Å². The summed E-state index contributed by atoms with van der Waals surface area (Å²) in [6.07, 6.45) is 1.27. The van der Waals surface area contributed by atoms with Gasteiger partial charge in [0.25, 0.3) is 0 Å². The molecule has 1 nitrogen and oxygen atoms in total. The first-order valence-electron chi connectivity index (χ1n) is 3.79. The fraction of sp³-hybridized carbons (Fsp3) is 1.00. The van der Waals surface area contributed by atoms with Gasteiger partial charge in [-0.2, -0.15) is 0 Å². The summed E-state index contributed by atoms with van der Waals surface area (Å²) in [5.41, 5.74) is 0.542. The molecule has 1 heterocycles. The Balaban J connectivity index is 2.46. The maximum Gasteiger partial charge on any atom is 0.0547 e. The van der Waals surface area contributed by atoms with E-state index in [1.165, 1.54) is 6.42 Å². The predicted octanol–water partition coefficient (Wildman–Crippen LogP) is 2.07. The average Bonchev–Trinajstić information content (AvgIpc) is 1.62. The zero-order valence-corrected chi connectivity index (χ0v) is 6.61. The van der Waals surface area contributed by atoms with Gasteiger partial charge in [0.15, 0.2) is 0 Å². The van der Waals surface area contributed by atoms with Crippen LogP contribution in [-0.2, 0) is 4.74 Å². The molecule has 0 atom stereocenters. The summed E-state index contributed by atoms with van der Waals surface area (Å²) in [4.78, 5) is 0. The average molecular weight is 128 g/mol. The van der Waals surface area contributed by atoms with Crippen LogP contribution in [-0.4, -0.2) is 13.2 Å². The van der Waals surface area contributed by atoms with Crippen LogP contribution in [0.4, 0.5) is 0 Å². The van der Waals surface area contributed by atoms with E-state index in [0.29, 0.717) is 5.41 Å². The van der Waals surface area contributed by atoms with E-state index in [4.69, 9.17) is 4.74 Å². The highest BCUT2D eigenvalue weighted by Gasteiger charge is 2.39. The van der Waals surface area contributed by atoms with E-state index in [9.17, 15) is 0 Å². The normalized spacial score (nSPS) is 24.0. The smallest absolute Gasteiger partial charge is 0.0547 e. The van der Waals surface area contributed by atoms with E-state index in [2.05, 4.69) is 20.8 Å². The summed E-state index contributed by atoms with van der Waals surface area (Å²) in [6.45, 7) is 8.79.